The third-order valence-electron chi connectivity index (χ3n) is 7.66. The molecule has 0 aromatic rings. The Morgan fingerprint density at radius 1 is 0.143 bits per heavy atom. The van der Waals surface area contributed by atoms with Crippen LogP contribution in [-0.2, 0) is 0 Å². The second kappa shape index (κ2) is 38.5. The molecule has 0 aliphatic rings. The summed E-state index contributed by atoms with van der Waals surface area (Å²) in [5, 5.41) is 0. The zero-order valence-corrected chi connectivity index (χ0v) is 25.9. The van der Waals surface area contributed by atoms with Crippen molar-refractivity contribution in [2.75, 3.05) is 0 Å². The Morgan fingerprint density at radius 2 is 0.229 bits per heavy atom. The van der Waals surface area contributed by atoms with Gasteiger partial charge >= 0.3 is 0 Å². The average molecular weight is 495 g/mol. The molecule has 0 bridgehead atoms. The first-order chi connectivity index (χ1) is 17.3. The van der Waals surface area contributed by atoms with Gasteiger partial charge in [0.05, 0.1) is 0 Å². The fourth-order valence-electron chi connectivity index (χ4n) is 5.07. The Bertz CT molecular complexity index is 277. The van der Waals surface area contributed by atoms with Gasteiger partial charge in [0.2, 0.25) is 0 Å². The molecule has 0 fully saturated rings. The van der Waals surface area contributed by atoms with E-state index in [-0.39, 0.29) is 0 Å². The van der Waals surface area contributed by atoms with E-state index in [0.29, 0.717) is 0 Å². The Labute approximate surface area is 226 Å². The first-order valence-electron chi connectivity index (χ1n) is 17.3. The first-order valence-corrected chi connectivity index (χ1v) is 17.3. The van der Waals surface area contributed by atoms with Crippen LogP contribution in [0, 0.1) is 0 Å². The Hall–Kier alpha value is 0. The highest BCUT2D eigenvalue weighted by atomic mass is 14.0. The third-order valence-corrected chi connectivity index (χ3v) is 7.66. The highest BCUT2D eigenvalue weighted by molar-refractivity contribution is 4.50. The third kappa shape index (κ3) is 41.4. The minimum Gasteiger partial charge on any atom is -0.0654 e. The fraction of sp³-hybridized carbons (Fsp3) is 1.00. The van der Waals surface area contributed by atoms with Crippen LogP contribution < -0.4 is 0 Å². The Morgan fingerprint density at radius 3 is 0.314 bits per heavy atom. The van der Waals surface area contributed by atoms with Gasteiger partial charge in [-0.3, -0.25) is 0 Å². The van der Waals surface area contributed by atoms with Crippen LogP contribution in [0.15, 0.2) is 0 Å². The van der Waals surface area contributed by atoms with E-state index in [1.807, 2.05) is 0 Å². The van der Waals surface area contributed by atoms with Crippen LogP contribution >= 0.6 is 0 Å². The van der Waals surface area contributed by atoms with Crippen LogP contribution in [0.2, 0.25) is 0 Å². The minimum absolute atomic E-state index is 1.37. The Kier molecular flexibility index (Phi) is 40.9. The van der Waals surface area contributed by atoms with Gasteiger partial charge in [-0.2, -0.15) is 0 Å². The standard InChI is InChI=1S/C18H38.C17H36/c1-3-5-7-9-11-13-15-17-18-16-14-12-10-8-6-4-2;1-3-5-7-9-11-13-15-17-16-14-12-10-8-6-4-2/h3-18H2,1-2H3;3-17H2,1-2H3. The molecule has 0 spiro atoms. The van der Waals surface area contributed by atoms with Gasteiger partial charge in [-0.15, -0.1) is 0 Å². The molecule has 0 aliphatic carbocycles. The zero-order chi connectivity index (χ0) is 25.9. The highest BCUT2D eigenvalue weighted by Gasteiger charge is 1.95. The summed E-state index contributed by atoms with van der Waals surface area (Å²) in [6, 6.07) is 0. The lowest BCUT2D eigenvalue weighted by Gasteiger charge is -2.03. The predicted molar refractivity (Wildman–Crippen MR) is 166 cm³/mol. The van der Waals surface area contributed by atoms with Crippen molar-refractivity contribution in [2.45, 2.75) is 227 Å². The molecule has 35 heavy (non-hydrogen) atoms. The van der Waals surface area contributed by atoms with Crippen LogP contribution in [-0.4, -0.2) is 0 Å². The van der Waals surface area contributed by atoms with Gasteiger partial charge in [-0.1, -0.05) is 227 Å². The molecule has 0 N–H and O–H groups in total. The fourth-order valence-corrected chi connectivity index (χ4v) is 5.07. The molecular formula is C35H74. The molecular weight excluding hydrogens is 420 g/mol. The normalized spacial score (nSPS) is 11.0. The van der Waals surface area contributed by atoms with Crippen molar-refractivity contribution in [1.29, 1.82) is 0 Å². The molecule has 0 saturated carbocycles. The van der Waals surface area contributed by atoms with Crippen LogP contribution in [0.4, 0.5) is 0 Å². The van der Waals surface area contributed by atoms with E-state index in [9.17, 15) is 0 Å². The maximum atomic E-state index is 2.29. The average Bonchev–Trinajstić information content (AvgIpc) is 2.87. The van der Waals surface area contributed by atoms with Gasteiger partial charge in [-0.05, 0) is 0 Å². The second-order valence-corrected chi connectivity index (χ2v) is 11.5. The van der Waals surface area contributed by atoms with Gasteiger partial charge in [0.15, 0.2) is 0 Å². The molecule has 0 amide bonds. The lowest BCUT2D eigenvalue weighted by Crippen LogP contribution is -1.83. The van der Waals surface area contributed by atoms with Crippen molar-refractivity contribution in [1.82, 2.24) is 0 Å². The van der Waals surface area contributed by atoms with Gasteiger partial charge in [0.1, 0.15) is 0 Å². The molecule has 0 atom stereocenters. The first kappa shape index (κ1) is 37.2. The maximum Gasteiger partial charge on any atom is -0.0533 e. The zero-order valence-electron chi connectivity index (χ0n) is 25.9. The SMILES string of the molecule is CCCCCCCCCCCCCCCCC.CCCCCCCCCCCCCCCCCC. The summed E-state index contributed by atoms with van der Waals surface area (Å²) in [5.74, 6) is 0. The summed E-state index contributed by atoms with van der Waals surface area (Å²) in [6.07, 6.45) is 45.3. The van der Waals surface area contributed by atoms with Crippen molar-refractivity contribution >= 4 is 0 Å². The number of rotatable bonds is 29. The van der Waals surface area contributed by atoms with Crippen molar-refractivity contribution in [2.24, 2.45) is 0 Å². The smallest absolute Gasteiger partial charge is 0.0533 e. The molecule has 0 rings (SSSR count). The van der Waals surface area contributed by atoms with Crippen molar-refractivity contribution < 1.29 is 0 Å². The van der Waals surface area contributed by atoms with Crippen LogP contribution in [0.25, 0.3) is 0 Å². The summed E-state index contributed by atoms with van der Waals surface area (Å²) in [5.41, 5.74) is 0. The van der Waals surface area contributed by atoms with Crippen LogP contribution in [0.5, 0.6) is 0 Å². The van der Waals surface area contributed by atoms with Crippen LogP contribution in [0.1, 0.15) is 227 Å². The summed E-state index contributed by atoms with van der Waals surface area (Å²) in [6.45, 7) is 9.17. The molecule has 0 unspecified atom stereocenters. The Balaban J connectivity index is 0. The molecule has 0 heterocycles. The minimum atomic E-state index is 1.37. The van der Waals surface area contributed by atoms with Crippen molar-refractivity contribution in [3.63, 3.8) is 0 Å². The van der Waals surface area contributed by atoms with E-state index >= 15 is 0 Å². The second-order valence-electron chi connectivity index (χ2n) is 11.5. The molecule has 0 heteroatoms. The summed E-state index contributed by atoms with van der Waals surface area (Å²) >= 11 is 0. The van der Waals surface area contributed by atoms with Gasteiger partial charge in [0, 0.05) is 0 Å². The molecule has 0 saturated heterocycles. The van der Waals surface area contributed by atoms with Crippen LogP contribution in [0.3, 0.4) is 0 Å². The summed E-state index contributed by atoms with van der Waals surface area (Å²) < 4.78 is 0. The predicted octanol–water partition coefficient (Wildman–Crippen LogP) is 14.1. The lowest BCUT2D eigenvalue weighted by atomic mass is 10.0. The summed E-state index contributed by atoms with van der Waals surface area (Å²) in [4.78, 5) is 0. The number of unbranched alkanes of at least 4 members (excludes halogenated alkanes) is 29. The van der Waals surface area contributed by atoms with E-state index in [2.05, 4.69) is 27.7 Å². The maximum absolute atomic E-state index is 2.29. The topological polar surface area (TPSA) is 0 Å². The van der Waals surface area contributed by atoms with Gasteiger partial charge < -0.3 is 0 Å². The number of hydrogen-bond acceptors (Lipinski definition) is 0. The lowest BCUT2D eigenvalue weighted by molar-refractivity contribution is 0.531. The van der Waals surface area contributed by atoms with Gasteiger partial charge in [0.25, 0.3) is 0 Å². The quantitative estimate of drug-likeness (QED) is 0.0906. The van der Waals surface area contributed by atoms with E-state index < -0.39 is 0 Å². The summed E-state index contributed by atoms with van der Waals surface area (Å²) in [7, 11) is 0. The molecule has 0 nitrogen and oxygen atoms in total. The largest absolute Gasteiger partial charge is 0.0654 e. The molecule has 0 aromatic carbocycles. The van der Waals surface area contributed by atoms with Gasteiger partial charge in [-0.25, -0.2) is 0 Å². The highest BCUT2D eigenvalue weighted by Crippen LogP contribution is 2.14. The van der Waals surface area contributed by atoms with E-state index in [4.69, 9.17) is 0 Å². The molecule has 214 valence electrons. The molecule has 0 aromatic heterocycles. The number of hydrogen-bond donors (Lipinski definition) is 0. The van der Waals surface area contributed by atoms with E-state index in [0.717, 1.165) is 0 Å². The van der Waals surface area contributed by atoms with Crippen molar-refractivity contribution in [3.05, 3.63) is 0 Å². The van der Waals surface area contributed by atoms with E-state index in [1.165, 1.54) is 199 Å². The monoisotopic (exact) mass is 495 g/mol. The van der Waals surface area contributed by atoms with Crippen molar-refractivity contribution in [3.8, 4) is 0 Å². The molecule has 0 aliphatic heterocycles. The molecule has 0 radical (unpaired) electrons. The van der Waals surface area contributed by atoms with E-state index in [1.54, 1.807) is 0 Å².